The third kappa shape index (κ3) is 9.81. The molecule has 32 heavy (non-hydrogen) atoms. The second-order valence-corrected chi connectivity index (χ2v) is 8.77. The van der Waals surface area contributed by atoms with Crippen LogP contribution in [0.2, 0.25) is 0 Å². The Morgan fingerprint density at radius 3 is 2.00 bits per heavy atom. The summed E-state index contributed by atoms with van der Waals surface area (Å²) in [6, 6.07) is 6.88. The van der Waals surface area contributed by atoms with Gasteiger partial charge in [0.2, 0.25) is 0 Å². The Kier molecular flexibility index (Phi) is 11.8. The molecule has 7 nitrogen and oxygen atoms in total. The molecule has 1 fully saturated rings. The molecule has 0 atom stereocenters. The molecule has 0 spiro atoms. The predicted octanol–water partition coefficient (Wildman–Crippen LogP) is 5.65. The lowest BCUT2D eigenvalue weighted by atomic mass is 10.1. The first-order valence-electron chi connectivity index (χ1n) is 12.1. The van der Waals surface area contributed by atoms with E-state index in [1.807, 2.05) is 18.2 Å². The zero-order chi connectivity index (χ0) is 23.2. The second-order valence-electron chi connectivity index (χ2n) is 8.77. The van der Waals surface area contributed by atoms with Crippen molar-refractivity contribution in [1.82, 2.24) is 4.90 Å². The number of non-ortho nitro benzene ring substituents is 1. The highest BCUT2D eigenvalue weighted by Gasteiger charge is 2.17. The summed E-state index contributed by atoms with van der Waals surface area (Å²) in [5.41, 5.74) is 1.67. The molecule has 7 heteroatoms. The van der Waals surface area contributed by atoms with E-state index in [2.05, 4.69) is 9.80 Å². The van der Waals surface area contributed by atoms with Gasteiger partial charge in [0.15, 0.2) is 0 Å². The molecular weight excluding hydrogens is 406 g/mol. The standard InChI is InChI=1S/C25H39N3O4/c1-22(25(29)30)12-10-8-6-4-2-3-5-7-9-11-17-26-18-20-27(21-19-26)23-13-15-24(16-14-23)28(31)32/h12-16H,2-11,17-21H2,1H3,(H,29,30). The Labute approximate surface area is 192 Å². The molecule has 178 valence electrons. The van der Waals surface area contributed by atoms with Crippen LogP contribution in [-0.4, -0.2) is 53.6 Å². The number of carboxylic acids is 1. The molecular formula is C25H39N3O4. The van der Waals surface area contributed by atoms with Crippen LogP contribution in [-0.2, 0) is 4.79 Å². The van der Waals surface area contributed by atoms with E-state index in [1.165, 1.54) is 51.4 Å². The molecule has 1 aliphatic heterocycles. The fourth-order valence-corrected chi connectivity index (χ4v) is 4.14. The number of rotatable bonds is 15. The van der Waals surface area contributed by atoms with Gasteiger partial charge in [-0.15, -0.1) is 0 Å². The third-order valence-corrected chi connectivity index (χ3v) is 6.26. The van der Waals surface area contributed by atoms with Gasteiger partial charge in [0.25, 0.3) is 5.69 Å². The zero-order valence-corrected chi connectivity index (χ0v) is 19.5. The molecule has 1 aromatic rings. The number of piperazine rings is 1. The number of nitro groups is 1. The average molecular weight is 446 g/mol. The lowest BCUT2D eigenvalue weighted by molar-refractivity contribution is -0.384. The summed E-state index contributed by atoms with van der Waals surface area (Å²) in [5.74, 6) is -0.811. The van der Waals surface area contributed by atoms with Crippen molar-refractivity contribution in [2.24, 2.45) is 0 Å². The maximum atomic E-state index is 10.8. The number of benzene rings is 1. The third-order valence-electron chi connectivity index (χ3n) is 6.26. The molecule has 1 aliphatic rings. The van der Waals surface area contributed by atoms with Crippen LogP contribution in [0, 0.1) is 10.1 Å². The number of hydrogen-bond acceptors (Lipinski definition) is 5. The number of anilines is 1. The van der Waals surface area contributed by atoms with Gasteiger partial charge in [-0.1, -0.05) is 51.0 Å². The van der Waals surface area contributed by atoms with Gasteiger partial charge in [-0.3, -0.25) is 15.0 Å². The zero-order valence-electron chi connectivity index (χ0n) is 19.5. The number of hydrogen-bond donors (Lipinski definition) is 1. The molecule has 0 aliphatic carbocycles. The van der Waals surface area contributed by atoms with Crippen LogP contribution < -0.4 is 4.90 Å². The highest BCUT2D eigenvalue weighted by atomic mass is 16.6. The van der Waals surface area contributed by atoms with Gasteiger partial charge in [0.05, 0.1) is 4.92 Å². The van der Waals surface area contributed by atoms with E-state index in [9.17, 15) is 14.9 Å². The molecule has 1 aromatic carbocycles. The molecule has 1 N–H and O–H groups in total. The van der Waals surface area contributed by atoms with Crippen molar-refractivity contribution in [2.75, 3.05) is 37.6 Å². The van der Waals surface area contributed by atoms with Crippen molar-refractivity contribution in [3.05, 3.63) is 46.0 Å². The summed E-state index contributed by atoms with van der Waals surface area (Å²) >= 11 is 0. The molecule has 0 unspecified atom stereocenters. The number of nitro benzene ring substituents is 1. The minimum atomic E-state index is -0.811. The first kappa shape index (κ1) is 25.8. The summed E-state index contributed by atoms with van der Waals surface area (Å²) < 4.78 is 0. The van der Waals surface area contributed by atoms with Gasteiger partial charge < -0.3 is 10.0 Å². The molecule has 1 heterocycles. The number of aliphatic carboxylic acids is 1. The van der Waals surface area contributed by atoms with Crippen LogP contribution in [0.3, 0.4) is 0 Å². The highest BCUT2D eigenvalue weighted by Crippen LogP contribution is 2.21. The van der Waals surface area contributed by atoms with Crippen LogP contribution >= 0.6 is 0 Å². The Bertz CT molecular complexity index is 725. The van der Waals surface area contributed by atoms with E-state index in [0.29, 0.717) is 5.57 Å². The van der Waals surface area contributed by atoms with Crippen LogP contribution in [0.4, 0.5) is 11.4 Å². The lowest BCUT2D eigenvalue weighted by Crippen LogP contribution is -2.46. The summed E-state index contributed by atoms with van der Waals surface area (Å²) in [4.78, 5) is 26.0. The first-order chi connectivity index (χ1) is 15.5. The van der Waals surface area contributed by atoms with Crippen molar-refractivity contribution in [3.63, 3.8) is 0 Å². The van der Waals surface area contributed by atoms with Gasteiger partial charge in [0, 0.05) is 49.6 Å². The quantitative estimate of drug-likeness (QED) is 0.162. The van der Waals surface area contributed by atoms with Crippen molar-refractivity contribution in [1.29, 1.82) is 0 Å². The van der Waals surface area contributed by atoms with E-state index >= 15 is 0 Å². The molecule has 0 aromatic heterocycles. The topological polar surface area (TPSA) is 86.9 Å². The van der Waals surface area contributed by atoms with E-state index in [1.54, 1.807) is 19.1 Å². The normalized spacial score (nSPS) is 15.2. The maximum Gasteiger partial charge on any atom is 0.330 e. The Morgan fingerprint density at radius 1 is 0.938 bits per heavy atom. The predicted molar refractivity (Wildman–Crippen MR) is 129 cm³/mol. The van der Waals surface area contributed by atoms with Crippen molar-refractivity contribution >= 4 is 17.3 Å². The van der Waals surface area contributed by atoms with E-state index in [4.69, 9.17) is 5.11 Å². The monoisotopic (exact) mass is 445 g/mol. The number of nitrogens with zero attached hydrogens (tertiary/aromatic N) is 3. The number of allylic oxidation sites excluding steroid dienone is 1. The van der Waals surface area contributed by atoms with Crippen LogP contribution in [0.25, 0.3) is 0 Å². The molecule has 0 bridgehead atoms. The molecule has 0 radical (unpaired) electrons. The Balaban J connectivity index is 1.43. The van der Waals surface area contributed by atoms with Gasteiger partial charge in [-0.2, -0.15) is 0 Å². The van der Waals surface area contributed by atoms with E-state index in [-0.39, 0.29) is 10.6 Å². The SMILES string of the molecule is CC(=CCCCCCCCCCCCN1CCN(c2ccc([N+](=O)[O-])cc2)CC1)C(=O)O. The summed E-state index contributed by atoms with van der Waals surface area (Å²) in [6.07, 6.45) is 14.0. The molecule has 0 saturated carbocycles. The molecule has 0 amide bonds. The van der Waals surface area contributed by atoms with Crippen LogP contribution in [0.5, 0.6) is 0 Å². The first-order valence-corrected chi connectivity index (χ1v) is 12.1. The van der Waals surface area contributed by atoms with Crippen molar-refractivity contribution < 1.29 is 14.8 Å². The minimum absolute atomic E-state index is 0.146. The van der Waals surface area contributed by atoms with Crippen LogP contribution in [0.15, 0.2) is 35.9 Å². The fourth-order valence-electron chi connectivity index (χ4n) is 4.14. The van der Waals surface area contributed by atoms with Gasteiger partial charge in [-0.25, -0.2) is 4.79 Å². The highest BCUT2D eigenvalue weighted by molar-refractivity contribution is 5.85. The van der Waals surface area contributed by atoms with Crippen LogP contribution in [0.1, 0.15) is 71.1 Å². The Morgan fingerprint density at radius 2 is 1.47 bits per heavy atom. The van der Waals surface area contributed by atoms with Crippen molar-refractivity contribution in [2.45, 2.75) is 71.1 Å². The van der Waals surface area contributed by atoms with Gasteiger partial charge in [0.1, 0.15) is 0 Å². The Hall–Kier alpha value is -2.41. The number of carboxylic acid groups (broad SMARTS) is 1. The summed E-state index contributed by atoms with van der Waals surface area (Å²) in [6.45, 7) is 6.88. The summed E-state index contributed by atoms with van der Waals surface area (Å²) in [5, 5.41) is 19.6. The fraction of sp³-hybridized carbons (Fsp3) is 0.640. The van der Waals surface area contributed by atoms with Gasteiger partial charge >= 0.3 is 5.97 Å². The smallest absolute Gasteiger partial charge is 0.330 e. The van der Waals surface area contributed by atoms with Crippen molar-refractivity contribution in [3.8, 4) is 0 Å². The molecule has 2 rings (SSSR count). The lowest BCUT2D eigenvalue weighted by Gasteiger charge is -2.36. The van der Waals surface area contributed by atoms with E-state index < -0.39 is 5.97 Å². The summed E-state index contributed by atoms with van der Waals surface area (Å²) in [7, 11) is 0. The number of unbranched alkanes of at least 4 members (excludes halogenated alkanes) is 9. The van der Waals surface area contributed by atoms with E-state index in [0.717, 1.165) is 51.3 Å². The average Bonchev–Trinajstić information content (AvgIpc) is 2.80. The molecule has 1 saturated heterocycles. The minimum Gasteiger partial charge on any atom is -0.478 e. The second kappa shape index (κ2) is 14.6. The largest absolute Gasteiger partial charge is 0.478 e. The van der Waals surface area contributed by atoms with Gasteiger partial charge in [-0.05, 0) is 44.9 Å². The number of carbonyl (C=O) groups is 1. The maximum absolute atomic E-state index is 10.8.